The van der Waals surface area contributed by atoms with Crippen LogP contribution in [0.3, 0.4) is 0 Å². The second-order valence-corrected chi connectivity index (χ2v) is 7.32. The Labute approximate surface area is 180 Å². The number of hydrazone groups is 1. The molecule has 1 fully saturated rings. The van der Waals surface area contributed by atoms with Crippen molar-refractivity contribution in [1.29, 1.82) is 0 Å². The first kappa shape index (κ1) is 20.3. The Morgan fingerprint density at radius 3 is 2.55 bits per heavy atom. The average molecular weight is 413 g/mol. The van der Waals surface area contributed by atoms with Crippen molar-refractivity contribution >= 4 is 18.0 Å². The van der Waals surface area contributed by atoms with Gasteiger partial charge in [0.15, 0.2) is 0 Å². The molecule has 0 aliphatic carbocycles. The molecule has 0 bridgehead atoms. The van der Waals surface area contributed by atoms with Crippen molar-refractivity contribution in [1.82, 2.24) is 10.7 Å². The molecule has 156 valence electrons. The standard InChI is InChI=1S/C25H23N3O3/c29-24-23(22(16-26-24)20-11-5-2-6-12-20)25(30)28-27-15-19-10-7-13-21(14-19)31-17-18-8-3-1-4-9-18/h1-15,22-23H,16-17H2,(H,26,29)(H,28,30)/b27-15-/t22-,23-/m1/s1. The van der Waals surface area contributed by atoms with E-state index in [0.29, 0.717) is 18.9 Å². The normalized spacial score (nSPS) is 18.0. The van der Waals surface area contributed by atoms with Gasteiger partial charge in [0.25, 0.3) is 5.91 Å². The Morgan fingerprint density at radius 2 is 1.77 bits per heavy atom. The number of nitrogens with zero attached hydrogens (tertiary/aromatic N) is 1. The van der Waals surface area contributed by atoms with Gasteiger partial charge in [-0.3, -0.25) is 9.59 Å². The molecule has 1 aliphatic heterocycles. The van der Waals surface area contributed by atoms with Crippen LogP contribution in [0.4, 0.5) is 0 Å². The first-order chi connectivity index (χ1) is 15.2. The Kier molecular flexibility index (Phi) is 6.38. The van der Waals surface area contributed by atoms with Gasteiger partial charge in [0.2, 0.25) is 5.91 Å². The third kappa shape index (κ3) is 5.17. The van der Waals surface area contributed by atoms with Crippen LogP contribution in [-0.4, -0.2) is 24.6 Å². The summed E-state index contributed by atoms with van der Waals surface area (Å²) >= 11 is 0. The molecule has 2 amide bonds. The summed E-state index contributed by atoms with van der Waals surface area (Å²) in [6.07, 6.45) is 1.54. The largest absolute Gasteiger partial charge is 0.489 e. The molecule has 1 heterocycles. The highest BCUT2D eigenvalue weighted by molar-refractivity contribution is 6.03. The number of benzene rings is 3. The molecule has 0 aromatic heterocycles. The third-order valence-electron chi connectivity index (χ3n) is 5.19. The summed E-state index contributed by atoms with van der Waals surface area (Å²) < 4.78 is 5.82. The Balaban J connectivity index is 1.36. The van der Waals surface area contributed by atoms with E-state index in [1.54, 1.807) is 0 Å². The number of rotatable bonds is 7. The minimum absolute atomic E-state index is 0.210. The minimum Gasteiger partial charge on any atom is -0.489 e. The van der Waals surface area contributed by atoms with Gasteiger partial charge in [-0.15, -0.1) is 0 Å². The highest BCUT2D eigenvalue weighted by Gasteiger charge is 2.40. The summed E-state index contributed by atoms with van der Waals surface area (Å²) in [5.41, 5.74) is 5.32. The van der Waals surface area contributed by atoms with Crippen LogP contribution in [0.1, 0.15) is 22.6 Å². The molecular formula is C25H23N3O3. The first-order valence-corrected chi connectivity index (χ1v) is 10.1. The fourth-order valence-electron chi connectivity index (χ4n) is 3.60. The van der Waals surface area contributed by atoms with Gasteiger partial charge in [-0.25, -0.2) is 5.43 Å². The number of hydrogen-bond acceptors (Lipinski definition) is 4. The average Bonchev–Trinajstić information content (AvgIpc) is 3.21. The summed E-state index contributed by atoms with van der Waals surface area (Å²) in [6.45, 7) is 0.904. The van der Waals surface area contributed by atoms with E-state index in [4.69, 9.17) is 4.74 Å². The molecule has 2 N–H and O–H groups in total. The van der Waals surface area contributed by atoms with E-state index in [1.807, 2.05) is 84.9 Å². The van der Waals surface area contributed by atoms with Gasteiger partial charge >= 0.3 is 0 Å². The van der Waals surface area contributed by atoms with Gasteiger partial charge in [-0.2, -0.15) is 5.10 Å². The molecule has 6 nitrogen and oxygen atoms in total. The van der Waals surface area contributed by atoms with E-state index in [1.165, 1.54) is 6.21 Å². The van der Waals surface area contributed by atoms with E-state index >= 15 is 0 Å². The lowest BCUT2D eigenvalue weighted by molar-refractivity contribution is -0.133. The van der Waals surface area contributed by atoms with Crippen molar-refractivity contribution in [3.8, 4) is 5.75 Å². The summed E-state index contributed by atoms with van der Waals surface area (Å²) in [6, 6.07) is 26.9. The third-order valence-corrected chi connectivity index (χ3v) is 5.19. The lowest BCUT2D eigenvalue weighted by Crippen LogP contribution is -2.34. The van der Waals surface area contributed by atoms with Crippen LogP contribution in [-0.2, 0) is 16.2 Å². The van der Waals surface area contributed by atoms with E-state index in [0.717, 1.165) is 16.7 Å². The molecule has 6 heteroatoms. The van der Waals surface area contributed by atoms with Crippen LogP contribution >= 0.6 is 0 Å². The number of carbonyl (C=O) groups is 2. The zero-order valence-corrected chi connectivity index (χ0v) is 16.9. The minimum atomic E-state index is -0.805. The molecule has 1 saturated heterocycles. The highest BCUT2D eigenvalue weighted by Crippen LogP contribution is 2.29. The monoisotopic (exact) mass is 413 g/mol. The lowest BCUT2D eigenvalue weighted by Gasteiger charge is -2.15. The Hall–Kier alpha value is -3.93. The van der Waals surface area contributed by atoms with Crippen molar-refractivity contribution in [2.75, 3.05) is 6.54 Å². The van der Waals surface area contributed by atoms with Crippen LogP contribution in [0.15, 0.2) is 90.0 Å². The zero-order chi connectivity index (χ0) is 21.5. The molecule has 0 spiro atoms. The molecule has 0 unspecified atom stereocenters. The summed E-state index contributed by atoms with van der Waals surface area (Å²) in [7, 11) is 0. The van der Waals surface area contributed by atoms with Crippen LogP contribution in [0.25, 0.3) is 0 Å². The quantitative estimate of drug-likeness (QED) is 0.355. The van der Waals surface area contributed by atoms with Gasteiger partial charge in [-0.05, 0) is 28.8 Å². The molecule has 3 aromatic rings. The lowest BCUT2D eigenvalue weighted by atomic mass is 9.88. The molecule has 4 rings (SSSR count). The molecule has 0 radical (unpaired) electrons. The van der Waals surface area contributed by atoms with Crippen molar-refractivity contribution in [3.63, 3.8) is 0 Å². The predicted molar refractivity (Wildman–Crippen MR) is 119 cm³/mol. The van der Waals surface area contributed by atoms with Crippen LogP contribution in [0, 0.1) is 5.92 Å². The van der Waals surface area contributed by atoms with Crippen molar-refractivity contribution in [3.05, 3.63) is 102 Å². The second kappa shape index (κ2) is 9.71. The summed E-state index contributed by atoms with van der Waals surface area (Å²) in [5, 5.41) is 6.82. The van der Waals surface area contributed by atoms with Gasteiger partial charge < -0.3 is 10.1 Å². The van der Waals surface area contributed by atoms with E-state index in [9.17, 15) is 9.59 Å². The smallest absolute Gasteiger partial charge is 0.253 e. The van der Waals surface area contributed by atoms with Crippen LogP contribution in [0.2, 0.25) is 0 Å². The number of nitrogens with one attached hydrogen (secondary N) is 2. The molecule has 0 saturated carbocycles. The van der Waals surface area contributed by atoms with E-state index < -0.39 is 11.8 Å². The highest BCUT2D eigenvalue weighted by atomic mass is 16.5. The molecular weight excluding hydrogens is 390 g/mol. The number of hydrogen-bond donors (Lipinski definition) is 2. The predicted octanol–water partition coefficient (Wildman–Crippen LogP) is 3.25. The van der Waals surface area contributed by atoms with Gasteiger partial charge in [0, 0.05) is 12.5 Å². The topological polar surface area (TPSA) is 79.8 Å². The fourth-order valence-corrected chi connectivity index (χ4v) is 3.60. The SMILES string of the molecule is O=C1NC[C@H](c2ccccc2)[C@H]1C(=O)N/N=C\c1cccc(OCc2ccccc2)c1. The van der Waals surface area contributed by atoms with E-state index in [2.05, 4.69) is 15.8 Å². The van der Waals surface area contributed by atoms with Gasteiger partial charge in [0.1, 0.15) is 18.3 Å². The van der Waals surface area contributed by atoms with Crippen LogP contribution in [0.5, 0.6) is 5.75 Å². The maximum Gasteiger partial charge on any atom is 0.253 e. The van der Waals surface area contributed by atoms with Gasteiger partial charge in [0.05, 0.1) is 6.21 Å². The van der Waals surface area contributed by atoms with Crippen molar-refractivity contribution in [2.45, 2.75) is 12.5 Å². The number of ether oxygens (including phenoxy) is 1. The Bertz CT molecular complexity index is 1070. The Morgan fingerprint density at radius 1 is 1.03 bits per heavy atom. The van der Waals surface area contributed by atoms with Crippen molar-refractivity contribution in [2.24, 2.45) is 11.0 Å². The summed E-state index contributed by atoms with van der Waals surface area (Å²) in [4.78, 5) is 24.9. The summed E-state index contributed by atoms with van der Waals surface area (Å²) in [5.74, 6) is -1.01. The zero-order valence-electron chi connectivity index (χ0n) is 16.9. The maximum absolute atomic E-state index is 12.6. The second-order valence-electron chi connectivity index (χ2n) is 7.32. The number of amides is 2. The van der Waals surface area contributed by atoms with Crippen molar-refractivity contribution < 1.29 is 14.3 Å². The van der Waals surface area contributed by atoms with Gasteiger partial charge in [-0.1, -0.05) is 72.8 Å². The van der Waals surface area contributed by atoms with E-state index in [-0.39, 0.29) is 11.8 Å². The molecule has 2 atom stereocenters. The van der Waals surface area contributed by atoms with Crippen LogP contribution < -0.4 is 15.5 Å². The number of carbonyl (C=O) groups excluding carboxylic acids is 2. The fraction of sp³-hybridized carbons (Fsp3) is 0.160. The maximum atomic E-state index is 12.6. The molecule has 1 aliphatic rings. The molecule has 3 aromatic carbocycles. The molecule has 31 heavy (non-hydrogen) atoms. The first-order valence-electron chi connectivity index (χ1n) is 10.1.